The van der Waals surface area contributed by atoms with Crippen LogP contribution in [0, 0.1) is 17.8 Å². The van der Waals surface area contributed by atoms with E-state index in [1.54, 1.807) is 0 Å². The Morgan fingerprint density at radius 3 is 2.24 bits per heavy atom. The van der Waals surface area contributed by atoms with Gasteiger partial charge in [-0.25, -0.2) is 0 Å². The van der Waals surface area contributed by atoms with Crippen molar-refractivity contribution in [2.75, 3.05) is 6.54 Å². The molecule has 2 unspecified atom stereocenters. The van der Waals surface area contributed by atoms with Crippen LogP contribution in [0.4, 0.5) is 0 Å². The van der Waals surface area contributed by atoms with Crippen LogP contribution in [0.1, 0.15) is 51.9 Å². The number of hydrogen-bond acceptors (Lipinski definition) is 2. The molecule has 2 fully saturated rings. The van der Waals surface area contributed by atoms with Gasteiger partial charge in [0.2, 0.25) is 0 Å². The molecule has 98 valence electrons. The molecule has 0 bridgehead atoms. The highest BCUT2D eigenvalue weighted by Crippen LogP contribution is 2.32. The van der Waals surface area contributed by atoms with E-state index in [9.17, 15) is 4.79 Å². The van der Waals surface area contributed by atoms with Gasteiger partial charge in [-0.3, -0.25) is 4.79 Å². The molecule has 0 aromatic rings. The highest BCUT2D eigenvalue weighted by Gasteiger charge is 2.36. The molecule has 0 amide bonds. The summed E-state index contributed by atoms with van der Waals surface area (Å²) in [6.07, 6.45) is 8.62. The first-order valence-corrected chi connectivity index (χ1v) is 7.17. The van der Waals surface area contributed by atoms with Crippen molar-refractivity contribution >= 4 is 5.97 Å². The summed E-state index contributed by atoms with van der Waals surface area (Å²) in [5.74, 6) is 0.986. The number of carbonyl (C=O) groups is 1. The molecule has 2 saturated carbocycles. The third-order valence-electron chi connectivity index (χ3n) is 4.80. The summed E-state index contributed by atoms with van der Waals surface area (Å²) < 4.78 is 0. The lowest BCUT2D eigenvalue weighted by atomic mass is 9.78. The summed E-state index contributed by atoms with van der Waals surface area (Å²) in [4.78, 5) is 10.9. The van der Waals surface area contributed by atoms with E-state index < -0.39 is 5.97 Å². The number of nitrogens with one attached hydrogen (secondary N) is 1. The lowest BCUT2D eigenvalue weighted by Crippen LogP contribution is -2.49. The third-order valence-corrected chi connectivity index (χ3v) is 4.80. The first-order chi connectivity index (χ1) is 8.20. The van der Waals surface area contributed by atoms with Gasteiger partial charge in [-0.2, -0.15) is 0 Å². The molecule has 0 radical (unpaired) electrons. The van der Waals surface area contributed by atoms with Crippen LogP contribution in [0.25, 0.3) is 0 Å². The maximum atomic E-state index is 10.9. The molecule has 3 nitrogen and oxygen atoms in total. The number of hydrogen-bond donors (Lipinski definition) is 2. The fourth-order valence-corrected chi connectivity index (χ4v) is 3.20. The zero-order valence-electron chi connectivity index (χ0n) is 10.8. The van der Waals surface area contributed by atoms with Crippen molar-refractivity contribution in [1.29, 1.82) is 0 Å². The Kier molecular flexibility index (Phi) is 4.43. The van der Waals surface area contributed by atoms with Crippen LogP contribution in [0.15, 0.2) is 0 Å². The Labute approximate surface area is 104 Å². The topological polar surface area (TPSA) is 49.3 Å². The van der Waals surface area contributed by atoms with Crippen molar-refractivity contribution in [1.82, 2.24) is 5.32 Å². The summed E-state index contributed by atoms with van der Waals surface area (Å²) in [5.41, 5.74) is 0. The second-order valence-corrected chi connectivity index (χ2v) is 5.83. The smallest absolute Gasteiger partial charge is 0.308 e. The van der Waals surface area contributed by atoms with Crippen LogP contribution in [-0.2, 0) is 4.79 Å². The van der Waals surface area contributed by atoms with Crippen LogP contribution in [0.5, 0.6) is 0 Å². The van der Waals surface area contributed by atoms with Gasteiger partial charge in [0, 0.05) is 6.04 Å². The SMILES string of the molecule is CCC1CCC(CNC2CCC2C(=O)O)CC1. The molecule has 2 atom stereocenters. The Morgan fingerprint density at radius 2 is 1.76 bits per heavy atom. The maximum absolute atomic E-state index is 10.9. The van der Waals surface area contributed by atoms with Gasteiger partial charge in [0.15, 0.2) is 0 Å². The molecule has 2 aliphatic rings. The minimum atomic E-state index is -0.622. The molecule has 2 rings (SSSR count). The third kappa shape index (κ3) is 3.21. The minimum absolute atomic E-state index is 0.123. The number of aliphatic carboxylic acids is 1. The first-order valence-electron chi connectivity index (χ1n) is 7.17. The van der Waals surface area contributed by atoms with Gasteiger partial charge >= 0.3 is 5.97 Å². The molecule has 0 saturated heterocycles. The van der Waals surface area contributed by atoms with Crippen LogP contribution in [0.2, 0.25) is 0 Å². The average Bonchev–Trinajstić information content (AvgIpc) is 2.28. The standard InChI is InChI=1S/C14H25NO2/c1-2-10-3-5-11(6-4-10)9-15-13-8-7-12(13)14(16)17/h10-13,15H,2-9H2,1H3,(H,16,17). The molecular weight excluding hydrogens is 214 g/mol. The summed E-state index contributed by atoms with van der Waals surface area (Å²) >= 11 is 0. The van der Waals surface area contributed by atoms with E-state index >= 15 is 0 Å². The van der Waals surface area contributed by atoms with Crippen LogP contribution >= 0.6 is 0 Å². The van der Waals surface area contributed by atoms with Gasteiger partial charge in [-0.05, 0) is 44.1 Å². The normalized spacial score (nSPS) is 37.5. The van der Waals surface area contributed by atoms with Crippen molar-refractivity contribution in [3.63, 3.8) is 0 Å². The van der Waals surface area contributed by atoms with Gasteiger partial charge < -0.3 is 10.4 Å². The van der Waals surface area contributed by atoms with Crippen LogP contribution < -0.4 is 5.32 Å². The second kappa shape index (κ2) is 5.85. The zero-order chi connectivity index (χ0) is 12.3. The summed E-state index contributed by atoms with van der Waals surface area (Å²) in [6, 6.07) is 0.247. The molecule has 2 N–H and O–H groups in total. The molecule has 0 spiro atoms. The fourth-order valence-electron chi connectivity index (χ4n) is 3.20. The molecule has 3 heteroatoms. The molecule has 2 aliphatic carbocycles. The van der Waals surface area contributed by atoms with Gasteiger partial charge in [0.05, 0.1) is 5.92 Å². The van der Waals surface area contributed by atoms with E-state index in [0.29, 0.717) is 0 Å². The van der Waals surface area contributed by atoms with E-state index in [2.05, 4.69) is 12.2 Å². The van der Waals surface area contributed by atoms with E-state index in [1.807, 2.05) is 0 Å². The lowest BCUT2D eigenvalue weighted by Gasteiger charge is -2.36. The van der Waals surface area contributed by atoms with Crippen molar-refractivity contribution in [2.24, 2.45) is 17.8 Å². The molecule has 17 heavy (non-hydrogen) atoms. The molecule has 0 aromatic carbocycles. The van der Waals surface area contributed by atoms with E-state index in [1.165, 1.54) is 32.1 Å². The Bertz CT molecular complexity index is 259. The first kappa shape index (κ1) is 12.9. The average molecular weight is 239 g/mol. The Balaban J connectivity index is 1.64. The molecule has 0 aliphatic heterocycles. The maximum Gasteiger partial charge on any atom is 0.308 e. The number of carboxylic acids is 1. The van der Waals surface area contributed by atoms with Gasteiger partial charge in [-0.15, -0.1) is 0 Å². The second-order valence-electron chi connectivity index (χ2n) is 5.83. The number of carboxylic acid groups (broad SMARTS) is 1. The van der Waals surface area contributed by atoms with Crippen molar-refractivity contribution in [3.05, 3.63) is 0 Å². The van der Waals surface area contributed by atoms with Crippen molar-refractivity contribution in [3.8, 4) is 0 Å². The predicted molar refractivity (Wildman–Crippen MR) is 67.9 cm³/mol. The summed E-state index contributed by atoms with van der Waals surface area (Å²) in [5, 5.41) is 12.4. The van der Waals surface area contributed by atoms with Crippen LogP contribution in [0.3, 0.4) is 0 Å². The lowest BCUT2D eigenvalue weighted by molar-refractivity contribution is -0.146. The quantitative estimate of drug-likeness (QED) is 0.775. The molecular formula is C14H25NO2. The van der Waals surface area contributed by atoms with Gasteiger partial charge in [0.1, 0.15) is 0 Å². The Hall–Kier alpha value is -0.570. The highest BCUT2D eigenvalue weighted by atomic mass is 16.4. The van der Waals surface area contributed by atoms with E-state index in [-0.39, 0.29) is 12.0 Å². The Morgan fingerprint density at radius 1 is 1.12 bits per heavy atom. The fraction of sp³-hybridized carbons (Fsp3) is 0.929. The highest BCUT2D eigenvalue weighted by molar-refractivity contribution is 5.72. The molecule has 0 heterocycles. The number of rotatable bonds is 5. The summed E-state index contributed by atoms with van der Waals surface area (Å²) in [7, 11) is 0. The zero-order valence-corrected chi connectivity index (χ0v) is 10.8. The van der Waals surface area contributed by atoms with Gasteiger partial charge in [-0.1, -0.05) is 26.2 Å². The van der Waals surface area contributed by atoms with Crippen molar-refractivity contribution < 1.29 is 9.90 Å². The molecule has 0 aromatic heterocycles. The van der Waals surface area contributed by atoms with Crippen LogP contribution in [-0.4, -0.2) is 23.7 Å². The van der Waals surface area contributed by atoms with Gasteiger partial charge in [0.25, 0.3) is 0 Å². The minimum Gasteiger partial charge on any atom is -0.481 e. The largest absolute Gasteiger partial charge is 0.481 e. The van der Waals surface area contributed by atoms with E-state index in [0.717, 1.165) is 31.2 Å². The predicted octanol–water partition coefficient (Wildman–Crippen LogP) is 2.66. The van der Waals surface area contributed by atoms with E-state index in [4.69, 9.17) is 5.11 Å². The van der Waals surface area contributed by atoms with Crippen molar-refractivity contribution in [2.45, 2.75) is 57.9 Å². The monoisotopic (exact) mass is 239 g/mol. The summed E-state index contributed by atoms with van der Waals surface area (Å²) in [6.45, 7) is 3.32.